The van der Waals surface area contributed by atoms with E-state index >= 15 is 0 Å². The molecule has 1 aromatic heterocycles. The smallest absolute Gasteiger partial charge is 0.434 e. The van der Waals surface area contributed by atoms with Gasteiger partial charge in [-0.3, -0.25) is 4.99 Å². The second-order valence-electron chi connectivity index (χ2n) is 5.41. The lowest BCUT2D eigenvalue weighted by atomic mass is 10.1. The molecule has 2 N–H and O–H groups in total. The van der Waals surface area contributed by atoms with E-state index in [1.54, 1.807) is 26.3 Å². The van der Waals surface area contributed by atoms with Gasteiger partial charge in [0.25, 0.3) is 0 Å². The minimum atomic E-state index is -4.45. The van der Waals surface area contributed by atoms with Crippen LogP contribution in [0.1, 0.15) is 16.3 Å². The molecule has 0 aliphatic carbocycles. The van der Waals surface area contributed by atoms with E-state index in [2.05, 4.69) is 20.6 Å². The summed E-state index contributed by atoms with van der Waals surface area (Å²) in [6, 6.07) is 3.45. The van der Waals surface area contributed by atoms with E-state index < -0.39 is 11.9 Å². The van der Waals surface area contributed by atoms with Gasteiger partial charge in [0, 0.05) is 24.6 Å². The predicted octanol–water partition coefficient (Wildman–Crippen LogP) is 3.05. The molecular formula is C17H21F3N4O3S. The lowest BCUT2D eigenvalue weighted by molar-refractivity contribution is -0.140. The molecule has 0 radical (unpaired) electrons. The average molecular weight is 418 g/mol. The number of ether oxygens (including phenoxy) is 3. The highest BCUT2D eigenvalue weighted by molar-refractivity contribution is 7.09. The zero-order valence-electron chi connectivity index (χ0n) is 15.8. The van der Waals surface area contributed by atoms with Crippen LogP contribution in [-0.4, -0.2) is 39.3 Å². The van der Waals surface area contributed by atoms with Crippen LogP contribution in [0.2, 0.25) is 0 Å². The van der Waals surface area contributed by atoms with Gasteiger partial charge in [0.1, 0.15) is 22.3 Å². The number of guanidine groups is 1. The maximum atomic E-state index is 12.6. The topological polar surface area (TPSA) is 77.0 Å². The Hall–Kier alpha value is -2.69. The molecule has 2 aromatic rings. The van der Waals surface area contributed by atoms with Crippen molar-refractivity contribution in [2.45, 2.75) is 19.3 Å². The van der Waals surface area contributed by atoms with Crippen molar-refractivity contribution in [3.05, 3.63) is 33.8 Å². The number of nitrogens with one attached hydrogen (secondary N) is 2. The summed E-state index contributed by atoms with van der Waals surface area (Å²) in [5, 5.41) is 7.29. The number of nitrogens with zero attached hydrogens (tertiary/aromatic N) is 2. The van der Waals surface area contributed by atoms with Crippen molar-refractivity contribution in [3.8, 4) is 17.2 Å². The van der Waals surface area contributed by atoms with Gasteiger partial charge in [-0.25, -0.2) is 4.98 Å². The third-order valence-corrected chi connectivity index (χ3v) is 4.57. The fourth-order valence-electron chi connectivity index (χ4n) is 2.33. The summed E-state index contributed by atoms with van der Waals surface area (Å²) in [7, 11) is 6.17. The van der Waals surface area contributed by atoms with Crippen molar-refractivity contribution in [2.24, 2.45) is 4.99 Å². The molecule has 0 bridgehead atoms. The summed E-state index contributed by atoms with van der Waals surface area (Å²) in [5.74, 6) is 2.11. The van der Waals surface area contributed by atoms with E-state index in [1.165, 1.54) is 14.2 Å². The third kappa shape index (κ3) is 5.41. The SMILES string of the molecule is CN=C(NCc1nc(C(F)(F)F)cs1)NCc1c(OC)cc(OC)cc1OC. The van der Waals surface area contributed by atoms with E-state index in [1.807, 2.05) is 0 Å². The Balaban J connectivity index is 2.03. The maximum Gasteiger partial charge on any atom is 0.434 e. The molecule has 0 aliphatic heterocycles. The van der Waals surface area contributed by atoms with Crippen molar-refractivity contribution < 1.29 is 27.4 Å². The van der Waals surface area contributed by atoms with Crippen LogP contribution in [0.25, 0.3) is 0 Å². The van der Waals surface area contributed by atoms with E-state index in [9.17, 15) is 13.2 Å². The molecule has 11 heteroatoms. The first-order valence-electron chi connectivity index (χ1n) is 8.07. The number of aliphatic imine (C=N–C) groups is 1. The number of hydrogen-bond donors (Lipinski definition) is 2. The van der Waals surface area contributed by atoms with Gasteiger partial charge in [-0.15, -0.1) is 11.3 Å². The van der Waals surface area contributed by atoms with E-state index in [4.69, 9.17) is 14.2 Å². The normalized spacial score (nSPS) is 11.9. The molecule has 154 valence electrons. The molecule has 0 amide bonds. The molecule has 28 heavy (non-hydrogen) atoms. The molecular weight excluding hydrogens is 397 g/mol. The molecule has 0 aliphatic rings. The first-order chi connectivity index (χ1) is 13.3. The summed E-state index contributed by atoms with van der Waals surface area (Å²) >= 11 is 0.929. The van der Waals surface area contributed by atoms with Crippen LogP contribution in [0.15, 0.2) is 22.5 Å². The predicted molar refractivity (Wildman–Crippen MR) is 100 cm³/mol. The van der Waals surface area contributed by atoms with E-state index in [0.29, 0.717) is 34.8 Å². The largest absolute Gasteiger partial charge is 0.496 e. The van der Waals surface area contributed by atoms with Crippen molar-refractivity contribution in [3.63, 3.8) is 0 Å². The van der Waals surface area contributed by atoms with Gasteiger partial charge in [-0.1, -0.05) is 0 Å². The molecule has 1 heterocycles. The van der Waals surface area contributed by atoms with Crippen LogP contribution in [0, 0.1) is 0 Å². The second-order valence-corrected chi connectivity index (χ2v) is 6.36. The quantitative estimate of drug-likeness (QED) is 0.532. The van der Waals surface area contributed by atoms with Crippen molar-refractivity contribution in [1.82, 2.24) is 15.6 Å². The lowest BCUT2D eigenvalue weighted by Gasteiger charge is -2.17. The lowest BCUT2D eigenvalue weighted by Crippen LogP contribution is -2.36. The maximum absolute atomic E-state index is 12.6. The number of aromatic nitrogens is 1. The van der Waals surface area contributed by atoms with Crippen molar-refractivity contribution in [2.75, 3.05) is 28.4 Å². The highest BCUT2D eigenvalue weighted by atomic mass is 32.1. The van der Waals surface area contributed by atoms with Crippen LogP contribution in [0.3, 0.4) is 0 Å². The Morgan fingerprint density at radius 2 is 1.68 bits per heavy atom. The van der Waals surface area contributed by atoms with Gasteiger partial charge in [-0.05, 0) is 0 Å². The molecule has 0 saturated carbocycles. The van der Waals surface area contributed by atoms with E-state index in [0.717, 1.165) is 22.3 Å². The molecule has 0 atom stereocenters. The highest BCUT2D eigenvalue weighted by Gasteiger charge is 2.33. The van der Waals surface area contributed by atoms with Crippen molar-refractivity contribution in [1.29, 1.82) is 0 Å². The van der Waals surface area contributed by atoms with E-state index in [-0.39, 0.29) is 6.54 Å². The first kappa shape index (κ1) is 21.6. The molecule has 0 spiro atoms. The Bertz CT molecular complexity index is 799. The average Bonchev–Trinajstić information content (AvgIpc) is 3.17. The Morgan fingerprint density at radius 1 is 1.07 bits per heavy atom. The Labute approximate surface area is 164 Å². The summed E-state index contributed by atoms with van der Waals surface area (Å²) in [6.45, 7) is 0.416. The molecule has 7 nitrogen and oxygen atoms in total. The van der Waals surface area contributed by atoms with Gasteiger partial charge in [0.05, 0.1) is 40.0 Å². The third-order valence-electron chi connectivity index (χ3n) is 3.72. The Kier molecular flexibility index (Phi) is 7.32. The molecule has 2 rings (SSSR count). The van der Waals surface area contributed by atoms with Gasteiger partial charge in [0.15, 0.2) is 11.7 Å². The fraction of sp³-hybridized carbons (Fsp3) is 0.412. The monoisotopic (exact) mass is 418 g/mol. The minimum absolute atomic E-state index is 0.108. The summed E-state index contributed by atoms with van der Waals surface area (Å²) in [5.41, 5.74) is -0.160. The molecule has 1 aromatic carbocycles. The number of halogens is 3. The van der Waals surface area contributed by atoms with Crippen LogP contribution in [0.4, 0.5) is 13.2 Å². The van der Waals surface area contributed by atoms with Gasteiger partial charge in [-0.2, -0.15) is 13.2 Å². The minimum Gasteiger partial charge on any atom is -0.496 e. The summed E-state index contributed by atoms with van der Waals surface area (Å²) < 4.78 is 53.9. The standard InChI is InChI=1S/C17H21F3N4O3S/c1-21-16(23-8-15-24-14(9-28-15)17(18,19)20)22-7-11-12(26-3)5-10(25-2)6-13(11)27-4/h5-6,9H,7-8H2,1-4H3,(H2,21,22,23). The number of alkyl halides is 3. The first-order valence-corrected chi connectivity index (χ1v) is 8.95. The van der Waals surface area contributed by atoms with Crippen LogP contribution < -0.4 is 24.8 Å². The van der Waals surface area contributed by atoms with Gasteiger partial charge < -0.3 is 24.8 Å². The number of hydrogen-bond acceptors (Lipinski definition) is 6. The van der Waals surface area contributed by atoms with Crippen molar-refractivity contribution >= 4 is 17.3 Å². The fourth-order valence-corrected chi connectivity index (χ4v) is 3.07. The zero-order chi connectivity index (χ0) is 20.7. The second kappa shape index (κ2) is 9.49. The van der Waals surface area contributed by atoms with Crippen LogP contribution in [-0.2, 0) is 19.3 Å². The zero-order valence-corrected chi connectivity index (χ0v) is 16.6. The number of methoxy groups -OCH3 is 3. The number of thiazole rings is 1. The number of benzene rings is 1. The summed E-state index contributed by atoms with van der Waals surface area (Å²) in [4.78, 5) is 7.64. The molecule has 0 fully saturated rings. The van der Waals surface area contributed by atoms with Gasteiger partial charge >= 0.3 is 6.18 Å². The number of rotatable bonds is 7. The summed E-state index contributed by atoms with van der Waals surface area (Å²) in [6.07, 6.45) is -4.45. The van der Waals surface area contributed by atoms with Crippen LogP contribution >= 0.6 is 11.3 Å². The van der Waals surface area contributed by atoms with Gasteiger partial charge in [0.2, 0.25) is 0 Å². The Morgan fingerprint density at radius 3 is 2.14 bits per heavy atom. The molecule has 0 unspecified atom stereocenters. The molecule has 0 saturated heterocycles. The van der Waals surface area contributed by atoms with Crippen LogP contribution in [0.5, 0.6) is 17.2 Å². The highest BCUT2D eigenvalue weighted by Crippen LogP contribution is 2.34.